The van der Waals surface area contributed by atoms with Gasteiger partial charge < -0.3 is 9.15 Å². The zero-order chi connectivity index (χ0) is 18.9. The Kier molecular flexibility index (Phi) is 4.87. The van der Waals surface area contributed by atoms with E-state index >= 15 is 0 Å². The molecule has 26 heavy (non-hydrogen) atoms. The summed E-state index contributed by atoms with van der Waals surface area (Å²) in [5.74, 6) is 0. The molecule has 3 rings (SSSR count). The number of halogens is 1. The fraction of sp³-hybridized carbons (Fsp3) is 0.316. The lowest BCUT2D eigenvalue weighted by molar-refractivity contribution is 0.0577. The van der Waals surface area contributed by atoms with E-state index in [9.17, 15) is 4.79 Å². The number of fused-ring (bicyclic) bond motifs is 1. The molecule has 7 heteroatoms. The molecule has 0 saturated carbocycles. The lowest BCUT2D eigenvalue weighted by atomic mass is 10.2. The smallest absolute Gasteiger partial charge is 0.415 e. The van der Waals surface area contributed by atoms with Crippen molar-refractivity contribution in [3.63, 3.8) is 0 Å². The van der Waals surface area contributed by atoms with Crippen LogP contribution in [0.1, 0.15) is 31.9 Å². The number of aromatic nitrogens is 2. The molecule has 0 radical (unpaired) electrons. The number of ether oxygens (including phenoxy) is 1. The Labute approximate surface area is 156 Å². The van der Waals surface area contributed by atoms with Gasteiger partial charge in [0.05, 0.1) is 18.5 Å². The molecular weight excluding hydrogens is 354 g/mol. The number of carbonyl (C=O) groups excluding carboxylic acids is 1. The van der Waals surface area contributed by atoms with Crippen LogP contribution in [0.4, 0.5) is 10.5 Å². The molecule has 0 aliphatic heterocycles. The summed E-state index contributed by atoms with van der Waals surface area (Å²) in [5.41, 5.74) is 2.73. The third-order valence-electron chi connectivity index (χ3n) is 3.64. The van der Waals surface area contributed by atoms with Crippen LogP contribution in [0.25, 0.3) is 11.1 Å². The summed E-state index contributed by atoms with van der Waals surface area (Å²) in [5, 5.41) is 0.278. The van der Waals surface area contributed by atoms with E-state index in [-0.39, 0.29) is 11.7 Å². The second-order valence-electron chi connectivity index (χ2n) is 6.98. The van der Waals surface area contributed by atoms with E-state index in [1.807, 2.05) is 39.8 Å². The van der Waals surface area contributed by atoms with Gasteiger partial charge in [-0.3, -0.25) is 9.88 Å². The number of carbonyl (C=O) groups is 1. The minimum atomic E-state index is -0.636. The number of nitrogens with zero attached hydrogens (tertiary/aromatic N) is 3. The highest BCUT2D eigenvalue weighted by Gasteiger charge is 2.27. The maximum absolute atomic E-state index is 12.9. The summed E-state index contributed by atoms with van der Waals surface area (Å²) in [4.78, 5) is 22.7. The van der Waals surface area contributed by atoms with Crippen molar-refractivity contribution in [3.05, 3.63) is 53.1 Å². The lowest BCUT2D eigenvalue weighted by Gasteiger charge is -2.27. The van der Waals surface area contributed by atoms with Gasteiger partial charge in [0.25, 0.3) is 0 Å². The highest BCUT2D eigenvalue weighted by atomic mass is 35.5. The van der Waals surface area contributed by atoms with E-state index in [1.165, 1.54) is 4.90 Å². The zero-order valence-electron chi connectivity index (χ0n) is 15.1. The van der Waals surface area contributed by atoms with Gasteiger partial charge >= 0.3 is 6.09 Å². The van der Waals surface area contributed by atoms with Gasteiger partial charge in [-0.25, -0.2) is 9.78 Å². The number of rotatable bonds is 3. The maximum Gasteiger partial charge on any atom is 0.415 e. The number of amides is 1. The standard InChI is InChI=1S/C19H20ClN3O3/c1-12-11-25-17-14(9-15(20)22-16(12)17)23(18(24)26-19(2,3)4)10-13-5-7-21-8-6-13/h5-9,11H,10H2,1-4H3. The van der Waals surface area contributed by atoms with Crippen molar-refractivity contribution in [1.29, 1.82) is 0 Å². The maximum atomic E-state index is 12.9. The first-order valence-corrected chi connectivity index (χ1v) is 8.56. The van der Waals surface area contributed by atoms with E-state index in [2.05, 4.69) is 9.97 Å². The van der Waals surface area contributed by atoms with Crippen molar-refractivity contribution in [1.82, 2.24) is 9.97 Å². The first kappa shape index (κ1) is 18.2. The van der Waals surface area contributed by atoms with Gasteiger partial charge in [0.15, 0.2) is 5.58 Å². The number of furan rings is 1. The number of pyridine rings is 2. The number of hydrogen-bond donors (Lipinski definition) is 0. The molecule has 1 amide bonds. The highest BCUT2D eigenvalue weighted by Crippen LogP contribution is 2.33. The van der Waals surface area contributed by atoms with Crippen LogP contribution in [0, 0.1) is 6.92 Å². The third kappa shape index (κ3) is 3.96. The van der Waals surface area contributed by atoms with Gasteiger partial charge in [-0.2, -0.15) is 0 Å². The molecule has 0 spiro atoms. The fourth-order valence-electron chi connectivity index (χ4n) is 2.51. The lowest BCUT2D eigenvalue weighted by Crippen LogP contribution is -2.36. The van der Waals surface area contributed by atoms with Crippen LogP contribution in [0.3, 0.4) is 0 Å². The summed E-state index contributed by atoms with van der Waals surface area (Å²) >= 11 is 6.20. The Balaban J connectivity index is 2.10. The molecule has 0 atom stereocenters. The molecule has 0 fully saturated rings. The number of hydrogen-bond acceptors (Lipinski definition) is 5. The SMILES string of the molecule is Cc1coc2c(N(Cc3ccncc3)C(=O)OC(C)(C)C)cc(Cl)nc12. The van der Waals surface area contributed by atoms with Crippen LogP contribution in [0.5, 0.6) is 0 Å². The predicted octanol–water partition coefficient (Wildman–Crippen LogP) is 5.13. The number of anilines is 1. The number of aryl methyl sites for hydroxylation is 1. The Morgan fingerprint density at radius 1 is 1.31 bits per heavy atom. The Morgan fingerprint density at radius 3 is 2.65 bits per heavy atom. The normalized spacial score (nSPS) is 11.6. The Morgan fingerprint density at radius 2 is 2.00 bits per heavy atom. The summed E-state index contributed by atoms with van der Waals surface area (Å²) in [6.45, 7) is 7.62. The van der Waals surface area contributed by atoms with Crippen molar-refractivity contribution >= 4 is 34.5 Å². The van der Waals surface area contributed by atoms with E-state index < -0.39 is 11.7 Å². The third-order valence-corrected chi connectivity index (χ3v) is 3.84. The average Bonchev–Trinajstić information content (AvgIpc) is 2.92. The van der Waals surface area contributed by atoms with E-state index in [0.717, 1.165) is 11.1 Å². The van der Waals surface area contributed by atoms with Crippen molar-refractivity contribution < 1.29 is 13.9 Å². The summed E-state index contributed by atoms with van der Waals surface area (Å²) in [7, 11) is 0. The van der Waals surface area contributed by atoms with Crippen molar-refractivity contribution in [2.75, 3.05) is 4.90 Å². The molecular formula is C19H20ClN3O3. The predicted molar refractivity (Wildman–Crippen MR) is 100 cm³/mol. The molecule has 0 bridgehead atoms. The largest absolute Gasteiger partial charge is 0.460 e. The molecule has 0 aliphatic carbocycles. The molecule has 0 aliphatic rings. The second kappa shape index (κ2) is 6.96. The van der Waals surface area contributed by atoms with E-state index in [4.69, 9.17) is 20.8 Å². The highest BCUT2D eigenvalue weighted by molar-refractivity contribution is 6.30. The second-order valence-corrected chi connectivity index (χ2v) is 7.37. The summed E-state index contributed by atoms with van der Waals surface area (Å²) in [6.07, 6.45) is 4.45. The monoisotopic (exact) mass is 373 g/mol. The molecule has 3 heterocycles. The van der Waals surface area contributed by atoms with Crippen LogP contribution in [0.2, 0.25) is 5.15 Å². The minimum absolute atomic E-state index is 0.278. The first-order chi connectivity index (χ1) is 12.2. The molecule has 3 aromatic rings. The van der Waals surface area contributed by atoms with Crippen molar-refractivity contribution in [2.45, 2.75) is 39.8 Å². The van der Waals surface area contributed by atoms with Crippen LogP contribution in [-0.2, 0) is 11.3 Å². The Hall–Kier alpha value is -2.60. The molecule has 136 valence electrons. The zero-order valence-corrected chi connectivity index (χ0v) is 15.9. The van der Waals surface area contributed by atoms with Crippen LogP contribution < -0.4 is 4.90 Å². The molecule has 3 aromatic heterocycles. The quantitative estimate of drug-likeness (QED) is 0.595. The summed E-state index contributed by atoms with van der Waals surface area (Å²) in [6, 6.07) is 5.29. The van der Waals surface area contributed by atoms with Gasteiger partial charge in [0.1, 0.15) is 16.3 Å². The van der Waals surface area contributed by atoms with Gasteiger partial charge in [-0.05, 0) is 45.4 Å². The summed E-state index contributed by atoms with van der Waals surface area (Å²) < 4.78 is 11.2. The average molecular weight is 374 g/mol. The van der Waals surface area contributed by atoms with Gasteiger partial charge in [-0.15, -0.1) is 0 Å². The molecule has 0 unspecified atom stereocenters. The molecule has 0 N–H and O–H groups in total. The van der Waals surface area contributed by atoms with Crippen molar-refractivity contribution in [3.8, 4) is 0 Å². The van der Waals surface area contributed by atoms with Crippen LogP contribution in [0.15, 0.2) is 41.3 Å². The van der Waals surface area contributed by atoms with Crippen LogP contribution in [-0.4, -0.2) is 21.7 Å². The van der Waals surface area contributed by atoms with Crippen molar-refractivity contribution in [2.24, 2.45) is 0 Å². The van der Waals surface area contributed by atoms with E-state index in [1.54, 1.807) is 24.7 Å². The fourth-order valence-corrected chi connectivity index (χ4v) is 2.70. The first-order valence-electron chi connectivity index (χ1n) is 8.18. The topological polar surface area (TPSA) is 68.5 Å². The Bertz CT molecular complexity index is 932. The molecule has 0 saturated heterocycles. The van der Waals surface area contributed by atoms with E-state index in [0.29, 0.717) is 16.8 Å². The van der Waals surface area contributed by atoms with Gasteiger partial charge in [-0.1, -0.05) is 11.6 Å². The van der Waals surface area contributed by atoms with Crippen LogP contribution >= 0.6 is 11.6 Å². The molecule has 0 aromatic carbocycles. The van der Waals surface area contributed by atoms with Gasteiger partial charge in [0.2, 0.25) is 0 Å². The molecule has 6 nitrogen and oxygen atoms in total. The van der Waals surface area contributed by atoms with Gasteiger partial charge in [0, 0.05) is 24.0 Å². The minimum Gasteiger partial charge on any atom is -0.460 e.